The molecule has 38 heavy (non-hydrogen) atoms. The lowest BCUT2D eigenvalue weighted by molar-refractivity contribution is -0.143. The molecule has 6 nitrogen and oxygen atoms in total. The van der Waals surface area contributed by atoms with E-state index in [2.05, 4.69) is 5.32 Å². The van der Waals surface area contributed by atoms with E-state index >= 15 is 0 Å². The van der Waals surface area contributed by atoms with Crippen LogP contribution in [-0.2, 0) is 22.7 Å². The average Bonchev–Trinajstić information content (AvgIpc) is 2.97. The van der Waals surface area contributed by atoms with Crippen molar-refractivity contribution in [3.05, 3.63) is 132 Å². The Labute approximate surface area is 221 Å². The number of benzene rings is 4. The van der Waals surface area contributed by atoms with E-state index in [1.807, 2.05) is 60.7 Å². The fourth-order valence-electron chi connectivity index (χ4n) is 3.99. The molecule has 1 N–H and O–H groups in total. The largest absolute Gasteiger partial charge is 0.497 e. The van der Waals surface area contributed by atoms with Crippen LogP contribution in [0.4, 0.5) is 4.39 Å². The molecule has 0 bridgehead atoms. The number of nitrogens with one attached hydrogen (secondary N) is 1. The van der Waals surface area contributed by atoms with Crippen LogP contribution in [0.3, 0.4) is 0 Å². The molecule has 0 aliphatic rings. The third-order valence-electron chi connectivity index (χ3n) is 5.99. The van der Waals surface area contributed by atoms with Gasteiger partial charge in [0, 0.05) is 13.1 Å². The molecule has 0 spiro atoms. The smallest absolute Gasteiger partial charge is 0.261 e. The van der Waals surface area contributed by atoms with Gasteiger partial charge in [0.2, 0.25) is 5.91 Å². The molecule has 2 amide bonds. The van der Waals surface area contributed by atoms with E-state index in [-0.39, 0.29) is 37.3 Å². The van der Waals surface area contributed by atoms with Crippen LogP contribution in [-0.4, -0.2) is 30.4 Å². The van der Waals surface area contributed by atoms with Gasteiger partial charge in [0.05, 0.1) is 7.11 Å². The zero-order valence-electron chi connectivity index (χ0n) is 21.0. The van der Waals surface area contributed by atoms with E-state index < -0.39 is 6.04 Å². The number of halogens is 1. The van der Waals surface area contributed by atoms with Gasteiger partial charge < -0.3 is 19.7 Å². The Bertz CT molecular complexity index is 1310. The number of hydrogen-bond acceptors (Lipinski definition) is 4. The average molecular weight is 513 g/mol. The fraction of sp³-hybridized carbons (Fsp3) is 0.161. The first-order valence-corrected chi connectivity index (χ1v) is 12.2. The van der Waals surface area contributed by atoms with Crippen molar-refractivity contribution in [3.8, 4) is 11.5 Å². The van der Waals surface area contributed by atoms with Gasteiger partial charge in [-0.05, 0) is 53.1 Å². The normalized spacial score (nSPS) is 11.3. The Morgan fingerprint density at radius 1 is 0.789 bits per heavy atom. The van der Waals surface area contributed by atoms with Gasteiger partial charge in [0.1, 0.15) is 23.4 Å². The number of hydrogen-bond donors (Lipinski definition) is 1. The highest BCUT2D eigenvalue weighted by molar-refractivity contribution is 5.89. The summed E-state index contributed by atoms with van der Waals surface area (Å²) in [5.74, 6) is 0.157. The number of amides is 2. The topological polar surface area (TPSA) is 67.9 Å². The molecule has 1 atom stereocenters. The summed E-state index contributed by atoms with van der Waals surface area (Å²) in [6, 6.07) is 30.4. The fourth-order valence-corrected chi connectivity index (χ4v) is 3.99. The summed E-state index contributed by atoms with van der Waals surface area (Å²) in [4.78, 5) is 28.7. The van der Waals surface area contributed by atoms with Crippen LogP contribution < -0.4 is 14.8 Å². The maximum atomic E-state index is 13.7. The van der Waals surface area contributed by atoms with Crippen LogP contribution in [0, 0.1) is 5.82 Å². The Morgan fingerprint density at radius 3 is 2.03 bits per heavy atom. The Kier molecular flexibility index (Phi) is 9.07. The van der Waals surface area contributed by atoms with E-state index in [4.69, 9.17) is 9.47 Å². The zero-order valence-corrected chi connectivity index (χ0v) is 21.0. The lowest BCUT2D eigenvalue weighted by Crippen LogP contribution is -2.45. The minimum absolute atomic E-state index is 0.0901. The first-order valence-electron chi connectivity index (χ1n) is 12.2. The first-order chi connectivity index (χ1) is 18.5. The Balaban J connectivity index is 1.61. The van der Waals surface area contributed by atoms with Crippen LogP contribution in [0.1, 0.15) is 22.7 Å². The lowest BCUT2D eigenvalue weighted by atomic mass is 10.0. The molecule has 0 radical (unpaired) electrons. The van der Waals surface area contributed by atoms with Crippen molar-refractivity contribution in [1.82, 2.24) is 10.2 Å². The van der Waals surface area contributed by atoms with Gasteiger partial charge in [-0.2, -0.15) is 0 Å². The second kappa shape index (κ2) is 13.1. The van der Waals surface area contributed by atoms with Gasteiger partial charge >= 0.3 is 0 Å². The summed E-state index contributed by atoms with van der Waals surface area (Å²) in [5, 5.41) is 2.96. The van der Waals surface area contributed by atoms with Crippen molar-refractivity contribution >= 4 is 11.8 Å². The van der Waals surface area contributed by atoms with Crippen molar-refractivity contribution in [3.63, 3.8) is 0 Å². The van der Waals surface area contributed by atoms with Gasteiger partial charge in [-0.3, -0.25) is 9.59 Å². The highest BCUT2D eigenvalue weighted by Gasteiger charge is 2.31. The number of ether oxygens (including phenoxy) is 2. The van der Waals surface area contributed by atoms with E-state index in [0.717, 1.165) is 11.3 Å². The number of carbonyl (C=O) groups is 2. The third-order valence-corrected chi connectivity index (χ3v) is 5.99. The maximum absolute atomic E-state index is 13.7. The predicted molar refractivity (Wildman–Crippen MR) is 143 cm³/mol. The summed E-state index contributed by atoms with van der Waals surface area (Å²) in [7, 11) is 1.59. The van der Waals surface area contributed by atoms with Gasteiger partial charge in [0.15, 0.2) is 6.61 Å². The molecule has 4 aromatic rings. The molecule has 194 valence electrons. The van der Waals surface area contributed by atoms with Crippen molar-refractivity contribution in [1.29, 1.82) is 0 Å². The minimum atomic E-state index is -0.939. The van der Waals surface area contributed by atoms with E-state index in [0.29, 0.717) is 16.9 Å². The molecular weight excluding hydrogens is 483 g/mol. The second-order valence-electron chi connectivity index (χ2n) is 8.63. The lowest BCUT2D eigenvalue weighted by Gasteiger charge is -2.31. The Morgan fingerprint density at radius 2 is 1.39 bits per heavy atom. The molecule has 4 rings (SSSR count). The van der Waals surface area contributed by atoms with Gasteiger partial charge in [-0.15, -0.1) is 0 Å². The van der Waals surface area contributed by atoms with Gasteiger partial charge in [-0.1, -0.05) is 72.8 Å². The van der Waals surface area contributed by atoms with E-state index in [1.54, 1.807) is 43.5 Å². The molecular formula is C31H29FN2O4. The second-order valence-corrected chi connectivity index (χ2v) is 8.63. The first kappa shape index (κ1) is 26.4. The molecule has 0 saturated heterocycles. The highest BCUT2D eigenvalue weighted by atomic mass is 19.1. The molecule has 0 aromatic heterocycles. The van der Waals surface area contributed by atoms with Crippen molar-refractivity contribution < 1.29 is 23.5 Å². The van der Waals surface area contributed by atoms with Crippen molar-refractivity contribution in [2.75, 3.05) is 13.7 Å². The molecule has 4 aromatic carbocycles. The third kappa shape index (κ3) is 7.20. The molecule has 0 fully saturated rings. The predicted octanol–water partition coefficient (Wildman–Crippen LogP) is 5.30. The molecule has 0 unspecified atom stereocenters. The van der Waals surface area contributed by atoms with Crippen molar-refractivity contribution in [2.45, 2.75) is 19.1 Å². The zero-order chi connectivity index (χ0) is 26.7. The molecule has 0 heterocycles. The van der Waals surface area contributed by atoms with Crippen molar-refractivity contribution in [2.24, 2.45) is 0 Å². The van der Waals surface area contributed by atoms with Crippen LogP contribution in [0.15, 0.2) is 109 Å². The van der Waals surface area contributed by atoms with Crippen LogP contribution in [0.5, 0.6) is 11.5 Å². The summed E-state index contributed by atoms with van der Waals surface area (Å²) >= 11 is 0. The molecule has 7 heteroatoms. The summed E-state index contributed by atoms with van der Waals surface area (Å²) in [6.45, 7) is 0.0956. The number of methoxy groups -OCH3 is 1. The molecule has 0 aliphatic heterocycles. The van der Waals surface area contributed by atoms with Gasteiger partial charge in [0.25, 0.3) is 5.91 Å². The van der Waals surface area contributed by atoms with Crippen LogP contribution >= 0.6 is 0 Å². The van der Waals surface area contributed by atoms with Crippen LogP contribution in [0.25, 0.3) is 0 Å². The van der Waals surface area contributed by atoms with Crippen LogP contribution in [0.2, 0.25) is 0 Å². The maximum Gasteiger partial charge on any atom is 0.261 e. The number of para-hydroxylation sites is 1. The Hall–Kier alpha value is -4.65. The number of carbonyl (C=O) groups excluding carboxylic acids is 2. The molecule has 0 aliphatic carbocycles. The quantitative estimate of drug-likeness (QED) is 0.296. The van der Waals surface area contributed by atoms with E-state index in [9.17, 15) is 14.0 Å². The minimum Gasteiger partial charge on any atom is -0.497 e. The summed E-state index contributed by atoms with van der Waals surface area (Å²) < 4.78 is 24.5. The number of rotatable bonds is 11. The van der Waals surface area contributed by atoms with E-state index in [1.165, 1.54) is 17.0 Å². The monoisotopic (exact) mass is 512 g/mol. The summed E-state index contributed by atoms with van der Waals surface area (Å²) in [5.41, 5.74) is 2.22. The standard InChI is InChI=1S/C31H29FN2O4/c1-37-27-18-14-23(15-19-27)20-33-31(36)30(25-8-4-2-5-9-25)34(21-24-12-16-26(32)17-13-24)29(35)22-38-28-10-6-3-7-11-28/h2-19,30H,20-22H2,1H3,(H,33,36)/t30-/m0/s1. The SMILES string of the molecule is COc1ccc(CNC(=O)[C@H](c2ccccc2)N(Cc2ccc(F)cc2)C(=O)COc2ccccc2)cc1. The van der Waals surface area contributed by atoms with Gasteiger partial charge in [-0.25, -0.2) is 4.39 Å². The number of nitrogens with zero attached hydrogens (tertiary/aromatic N) is 1. The highest BCUT2D eigenvalue weighted by Crippen LogP contribution is 2.25. The molecule has 0 saturated carbocycles. The summed E-state index contributed by atoms with van der Waals surface area (Å²) in [6.07, 6.45) is 0.